The molecule has 5 heteroatoms. The van der Waals surface area contributed by atoms with Crippen LogP contribution in [0.25, 0.3) is 0 Å². The van der Waals surface area contributed by atoms with E-state index in [0.717, 1.165) is 18.5 Å². The fourth-order valence-electron chi connectivity index (χ4n) is 2.41. The number of carbonyl (C=O) groups excluding carboxylic acids is 2. The molecule has 110 valence electrons. The molecular weight excluding hydrogens is 266 g/mol. The highest BCUT2D eigenvalue weighted by Crippen LogP contribution is 2.10. The number of amides is 2. The van der Waals surface area contributed by atoms with E-state index < -0.39 is 0 Å². The van der Waals surface area contributed by atoms with Gasteiger partial charge in [0.15, 0.2) is 0 Å². The Kier molecular flexibility index (Phi) is 5.33. The highest BCUT2D eigenvalue weighted by Gasteiger charge is 2.19. The van der Waals surface area contributed by atoms with Crippen molar-refractivity contribution >= 4 is 11.8 Å². The van der Waals surface area contributed by atoms with E-state index in [2.05, 4.69) is 11.4 Å². The number of rotatable bonds is 6. The van der Waals surface area contributed by atoms with Crippen LogP contribution < -0.4 is 5.32 Å². The van der Waals surface area contributed by atoms with Gasteiger partial charge >= 0.3 is 0 Å². The third-order valence-electron chi connectivity index (χ3n) is 3.55. The summed E-state index contributed by atoms with van der Waals surface area (Å²) in [7, 11) is 0. The number of benzene rings is 1. The van der Waals surface area contributed by atoms with E-state index in [-0.39, 0.29) is 11.8 Å². The lowest BCUT2D eigenvalue weighted by Gasteiger charge is -2.14. The highest BCUT2D eigenvalue weighted by atomic mass is 16.2. The molecule has 0 spiro atoms. The molecule has 1 aromatic rings. The van der Waals surface area contributed by atoms with Crippen LogP contribution in [0.1, 0.15) is 36.8 Å². The number of nitrogens with zero attached hydrogens (tertiary/aromatic N) is 2. The van der Waals surface area contributed by atoms with Crippen molar-refractivity contribution in [2.75, 3.05) is 13.1 Å². The summed E-state index contributed by atoms with van der Waals surface area (Å²) in [5.41, 5.74) is 1.51. The molecule has 2 rings (SSSR count). The van der Waals surface area contributed by atoms with Crippen LogP contribution in [0.4, 0.5) is 0 Å². The first-order valence-corrected chi connectivity index (χ1v) is 7.22. The van der Waals surface area contributed by atoms with Crippen molar-refractivity contribution in [1.82, 2.24) is 10.2 Å². The molecule has 1 aromatic carbocycles. The monoisotopic (exact) mass is 285 g/mol. The zero-order valence-corrected chi connectivity index (χ0v) is 12.0. The maximum absolute atomic E-state index is 11.7. The minimum Gasteiger partial charge on any atom is -0.352 e. The lowest BCUT2D eigenvalue weighted by Crippen LogP contribution is -2.28. The SMILES string of the molecule is N#Cc1cccc(CNC(=O)CCCN2CCCC2=O)c1. The van der Waals surface area contributed by atoms with Crippen molar-refractivity contribution in [3.05, 3.63) is 35.4 Å². The zero-order chi connectivity index (χ0) is 15.1. The van der Waals surface area contributed by atoms with Gasteiger partial charge in [0.05, 0.1) is 11.6 Å². The molecule has 1 heterocycles. The first-order chi connectivity index (χ1) is 10.2. The molecule has 0 aliphatic carbocycles. The minimum absolute atomic E-state index is 0.0241. The average Bonchev–Trinajstić information content (AvgIpc) is 2.91. The first-order valence-electron chi connectivity index (χ1n) is 7.22. The molecule has 0 aromatic heterocycles. The van der Waals surface area contributed by atoms with Crippen LogP contribution in [-0.4, -0.2) is 29.8 Å². The summed E-state index contributed by atoms with van der Waals surface area (Å²) in [4.78, 5) is 25.0. The second-order valence-electron chi connectivity index (χ2n) is 5.18. The molecule has 1 aliphatic rings. The zero-order valence-electron chi connectivity index (χ0n) is 12.0. The number of hydrogen-bond acceptors (Lipinski definition) is 3. The van der Waals surface area contributed by atoms with Crippen LogP contribution in [-0.2, 0) is 16.1 Å². The maximum atomic E-state index is 11.7. The van der Waals surface area contributed by atoms with Gasteiger partial charge in [0.1, 0.15) is 0 Å². The van der Waals surface area contributed by atoms with Gasteiger partial charge in [-0.05, 0) is 30.5 Å². The van der Waals surface area contributed by atoms with E-state index in [4.69, 9.17) is 5.26 Å². The van der Waals surface area contributed by atoms with Crippen molar-refractivity contribution in [3.8, 4) is 6.07 Å². The molecule has 2 amide bonds. The van der Waals surface area contributed by atoms with Crippen molar-refractivity contribution in [2.24, 2.45) is 0 Å². The second kappa shape index (κ2) is 7.44. The van der Waals surface area contributed by atoms with Gasteiger partial charge in [-0.2, -0.15) is 5.26 Å². The van der Waals surface area contributed by atoms with Gasteiger partial charge in [0.2, 0.25) is 11.8 Å². The molecule has 0 atom stereocenters. The smallest absolute Gasteiger partial charge is 0.222 e. The van der Waals surface area contributed by atoms with Crippen molar-refractivity contribution < 1.29 is 9.59 Å². The molecule has 0 unspecified atom stereocenters. The highest BCUT2D eigenvalue weighted by molar-refractivity contribution is 5.78. The number of hydrogen-bond donors (Lipinski definition) is 1. The van der Waals surface area contributed by atoms with E-state index in [0.29, 0.717) is 37.9 Å². The van der Waals surface area contributed by atoms with E-state index in [1.54, 1.807) is 18.2 Å². The Bertz CT molecular complexity index is 563. The molecule has 1 fully saturated rings. The van der Waals surface area contributed by atoms with Crippen LogP contribution >= 0.6 is 0 Å². The molecule has 1 N–H and O–H groups in total. The molecule has 21 heavy (non-hydrogen) atoms. The average molecular weight is 285 g/mol. The van der Waals surface area contributed by atoms with E-state index in [1.165, 1.54) is 0 Å². The van der Waals surface area contributed by atoms with Gasteiger partial charge in [0, 0.05) is 32.5 Å². The summed E-state index contributed by atoms with van der Waals surface area (Å²) in [5.74, 6) is 0.174. The standard InChI is InChI=1S/C16H19N3O2/c17-11-13-4-1-5-14(10-13)12-18-15(20)6-2-8-19-9-3-7-16(19)21/h1,4-5,10H,2-3,6-9,12H2,(H,18,20). The van der Waals surface area contributed by atoms with Gasteiger partial charge in [-0.1, -0.05) is 12.1 Å². The summed E-state index contributed by atoms with van der Waals surface area (Å²) in [6.07, 6.45) is 2.68. The largest absolute Gasteiger partial charge is 0.352 e. The molecule has 0 saturated carbocycles. The normalized spacial score (nSPS) is 14.0. The molecule has 1 aliphatic heterocycles. The van der Waals surface area contributed by atoms with Gasteiger partial charge in [0.25, 0.3) is 0 Å². The quantitative estimate of drug-likeness (QED) is 0.862. The Balaban J connectivity index is 1.67. The van der Waals surface area contributed by atoms with Gasteiger partial charge in [-0.15, -0.1) is 0 Å². The van der Waals surface area contributed by atoms with Crippen molar-refractivity contribution in [3.63, 3.8) is 0 Å². The predicted octanol–water partition coefficient (Wildman–Crippen LogP) is 1.58. The molecule has 5 nitrogen and oxygen atoms in total. The van der Waals surface area contributed by atoms with Gasteiger partial charge in [-0.3, -0.25) is 9.59 Å². The second-order valence-corrected chi connectivity index (χ2v) is 5.18. The lowest BCUT2D eigenvalue weighted by molar-refractivity contribution is -0.128. The Morgan fingerprint density at radius 1 is 1.43 bits per heavy atom. The van der Waals surface area contributed by atoms with Crippen LogP contribution in [0.5, 0.6) is 0 Å². The minimum atomic E-state index is -0.0241. The summed E-state index contributed by atoms with van der Waals surface area (Å²) < 4.78 is 0. The van der Waals surface area contributed by atoms with Crippen molar-refractivity contribution in [2.45, 2.75) is 32.2 Å². The Labute approximate surface area is 124 Å². The fourth-order valence-corrected chi connectivity index (χ4v) is 2.41. The van der Waals surface area contributed by atoms with Crippen LogP contribution in [0.2, 0.25) is 0 Å². The number of nitriles is 1. The van der Waals surface area contributed by atoms with Crippen molar-refractivity contribution in [1.29, 1.82) is 5.26 Å². The third-order valence-corrected chi connectivity index (χ3v) is 3.55. The molecule has 0 radical (unpaired) electrons. The summed E-state index contributed by atoms with van der Waals surface area (Å²) in [5, 5.41) is 11.6. The Morgan fingerprint density at radius 3 is 3.00 bits per heavy atom. The fraction of sp³-hybridized carbons (Fsp3) is 0.438. The van der Waals surface area contributed by atoms with E-state index in [9.17, 15) is 9.59 Å². The molecule has 1 saturated heterocycles. The topological polar surface area (TPSA) is 73.2 Å². The Hall–Kier alpha value is -2.35. The van der Waals surface area contributed by atoms with Crippen LogP contribution in [0.3, 0.4) is 0 Å². The van der Waals surface area contributed by atoms with Crippen LogP contribution in [0.15, 0.2) is 24.3 Å². The maximum Gasteiger partial charge on any atom is 0.222 e. The number of likely N-dealkylation sites (tertiary alicyclic amines) is 1. The summed E-state index contributed by atoms with van der Waals surface area (Å²) in [6.45, 7) is 1.91. The Morgan fingerprint density at radius 2 is 2.29 bits per heavy atom. The lowest BCUT2D eigenvalue weighted by atomic mass is 10.1. The third kappa shape index (κ3) is 4.60. The van der Waals surface area contributed by atoms with E-state index in [1.807, 2.05) is 11.0 Å². The van der Waals surface area contributed by atoms with Gasteiger partial charge in [-0.25, -0.2) is 0 Å². The molecule has 0 bridgehead atoms. The van der Waals surface area contributed by atoms with E-state index >= 15 is 0 Å². The number of nitrogens with one attached hydrogen (secondary N) is 1. The summed E-state index contributed by atoms with van der Waals surface area (Å²) in [6, 6.07) is 9.26. The summed E-state index contributed by atoms with van der Waals surface area (Å²) >= 11 is 0. The molecular formula is C16H19N3O2. The van der Waals surface area contributed by atoms with Gasteiger partial charge < -0.3 is 10.2 Å². The first kappa shape index (κ1) is 15.0. The van der Waals surface area contributed by atoms with Crippen LogP contribution in [0, 0.1) is 11.3 Å². The number of carbonyl (C=O) groups is 2. The predicted molar refractivity (Wildman–Crippen MR) is 78.1 cm³/mol.